The van der Waals surface area contributed by atoms with Gasteiger partial charge in [-0.3, -0.25) is 5.41 Å². The molecular formula is C20H16ClN3O2S. The molecule has 27 heavy (non-hydrogen) atoms. The molecule has 0 unspecified atom stereocenters. The van der Waals surface area contributed by atoms with Crippen LogP contribution in [0.25, 0.3) is 16.8 Å². The van der Waals surface area contributed by atoms with Crippen molar-refractivity contribution in [3.63, 3.8) is 0 Å². The summed E-state index contributed by atoms with van der Waals surface area (Å²) in [5.41, 5.74) is 3.00. The molecule has 0 spiro atoms. The Morgan fingerprint density at radius 1 is 1.22 bits per heavy atom. The first kappa shape index (κ1) is 17.6. The molecule has 0 fully saturated rings. The van der Waals surface area contributed by atoms with Gasteiger partial charge in [0.15, 0.2) is 0 Å². The fourth-order valence-electron chi connectivity index (χ4n) is 2.98. The molecule has 0 amide bonds. The Balaban J connectivity index is 1.64. The van der Waals surface area contributed by atoms with Crippen molar-refractivity contribution in [2.24, 2.45) is 0 Å². The number of anilines is 1. The van der Waals surface area contributed by atoms with Crippen LogP contribution in [0.5, 0.6) is 5.75 Å². The van der Waals surface area contributed by atoms with E-state index in [9.17, 15) is 5.11 Å². The van der Waals surface area contributed by atoms with Crippen LogP contribution in [-0.2, 0) is 0 Å². The first-order valence-corrected chi connectivity index (χ1v) is 9.47. The van der Waals surface area contributed by atoms with Gasteiger partial charge in [0.05, 0.1) is 29.9 Å². The quantitative estimate of drug-likeness (QED) is 0.631. The summed E-state index contributed by atoms with van der Waals surface area (Å²) in [5, 5.41) is 22.1. The lowest BCUT2D eigenvalue weighted by Crippen LogP contribution is -2.26. The van der Waals surface area contributed by atoms with Crippen LogP contribution in [0.2, 0.25) is 5.02 Å². The largest absolute Gasteiger partial charge is 0.510 e. The number of ether oxygens (including phenoxy) is 1. The number of methoxy groups -OCH3 is 1. The van der Waals surface area contributed by atoms with E-state index in [-0.39, 0.29) is 18.1 Å². The van der Waals surface area contributed by atoms with Crippen LogP contribution in [0.15, 0.2) is 59.7 Å². The molecular weight excluding hydrogens is 382 g/mol. The molecule has 0 radical (unpaired) electrons. The van der Waals surface area contributed by atoms with E-state index in [0.29, 0.717) is 27.0 Å². The number of nitrogens with zero attached hydrogens (tertiary/aromatic N) is 2. The Kier molecular flexibility index (Phi) is 4.59. The van der Waals surface area contributed by atoms with Gasteiger partial charge in [-0.2, -0.15) is 0 Å². The molecule has 1 aliphatic rings. The number of amidine groups is 1. The van der Waals surface area contributed by atoms with Crippen LogP contribution >= 0.6 is 22.9 Å². The normalized spacial score (nSPS) is 14.1. The highest BCUT2D eigenvalue weighted by Gasteiger charge is 2.31. The Labute approximate surface area is 165 Å². The molecule has 7 heteroatoms. The van der Waals surface area contributed by atoms with Gasteiger partial charge < -0.3 is 14.7 Å². The smallest absolute Gasteiger partial charge is 0.139 e. The van der Waals surface area contributed by atoms with E-state index in [0.717, 1.165) is 11.3 Å². The van der Waals surface area contributed by atoms with Crippen molar-refractivity contribution in [3.05, 3.63) is 69.7 Å². The summed E-state index contributed by atoms with van der Waals surface area (Å²) in [5.74, 6) is 0.888. The van der Waals surface area contributed by atoms with E-state index in [1.54, 1.807) is 24.1 Å². The predicted octanol–water partition coefficient (Wildman–Crippen LogP) is 5.24. The van der Waals surface area contributed by atoms with Gasteiger partial charge in [-0.15, -0.1) is 11.3 Å². The Morgan fingerprint density at radius 3 is 2.70 bits per heavy atom. The van der Waals surface area contributed by atoms with E-state index in [4.69, 9.17) is 21.7 Å². The average Bonchev–Trinajstić information content (AvgIpc) is 3.27. The molecule has 5 nitrogen and oxygen atoms in total. The lowest BCUT2D eigenvalue weighted by molar-refractivity contribution is 0.411. The molecule has 2 heterocycles. The Bertz CT molecular complexity index is 1050. The molecule has 0 atom stereocenters. The van der Waals surface area contributed by atoms with Crippen molar-refractivity contribution in [3.8, 4) is 17.0 Å². The van der Waals surface area contributed by atoms with Crippen molar-refractivity contribution in [1.82, 2.24) is 4.98 Å². The Hall–Kier alpha value is -2.83. The van der Waals surface area contributed by atoms with Gasteiger partial charge in [-0.25, -0.2) is 4.98 Å². The number of nitrogens with one attached hydrogen (secondary N) is 1. The van der Waals surface area contributed by atoms with Crippen molar-refractivity contribution in [2.75, 3.05) is 18.6 Å². The first-order valence-electron chi connectivity index (χ1n) is 8.22. The monoisotopic (exact) mass is 397 g/mol. The van der Waals surface area contributed by atoms with Crippen molar-refractivity contribution in [1.29, 1.82) is 5.41 Å². The van der Waals surface area contributed by atoms with Gasteiger partial charge >= 0.3 is 0 Å². The maximum atomic E-state index is 10.5. The second kappa shape index (κ2) is 7.06. The second-order valence-corrected chi connectivity index (χ2v) is 7.24. The van der Waals surface area contributed by atoms with Crippen LogP contribution in [-0.4, -0.2) is 29.6 Å². The third-order valence-electron chi connectivity index (χ3n) is 4.34. The molecule has 0 bridgehead atoms. The highest BCUT2D eigenvalue weighted by molar-refractivity contribution is 7.11. The average molecular weight is 398 g/mol. The van der Waals surface area contributed by atoms with Gasteiger partial charge in [0, 0.05) is 16.6 Å². The summed E-state index contributed by atoms with van der Waals surface area (Å²) < 4.78 is 5.17. The SMILES string of the molecule is COc1ccc(N2CC(O)=C(c3nc(-c4ccccc4)cs3)C2=N)cc1Cl. The zero-order valence-corrected chi connectivity index (χ0v) is 16.0. The number of thiazole rings is 1. The van der Waals surface area contributed by atoms with Gasteiger partial charge in [-0.05, 0) is 18.2 Å². The number of halogens is 1. The molecule has 0 saturated carbocycles. The summed E-state index contributed by atoms with van der Waals surface area (Å²) in [7, 11) is 1.55. The third kappa shape index (κ3) is 3.18. The lowest BCUT2D eigenvalue weighted by atomic mass is 10.2. The Morgan fingerprint density at radius 2 is 2.00 bits per heavy atom. The highest BCUT2D eigenvalue weighted by Crippen LogP contribution is 2.36. The molecule has 0 aliphatic carbocycles. The third-order valence-corrected chi connectivity index (χ3v) is 5.49. The van der Waals surface area contributed by atoms with Crippen molar-refractivity contribution >= 4 is 40.0 Å². The zero-order valence-electron chi connectivity index (χ0n) is 14.4. The fraction of sp³-hybridized carbons (Fsp3) is 0.100. The zero-order chi connectivity index (χ0) is 19.0. The van der Waals surface area contributed by atoms with Crippen LogP contribution < -0.4 is 9.64 Å². The van der Waals surface area contributed by atoms with Crippen LogP contribution in [0.1, 0.15) is 5.01 Å². The first-order chi connectivity index (χ1) is 13.1. The molecule has 4 rings (SSSR count). The van der Waals surface area contributed by atoms with E-state index < -0.39 is 0 Å². The minimum atomic E-state index is 0.126. The number of hydrogen-bond donors (Lipinski definition) is 2. The fourth-order valence-corrected chi connectivity index (χ4v) is 4.13. The van der Waals surface area contributed by atoms with Crippen LogP contribution in [0.4, 0.5) is 5.69 Å². The summed E-state index contributed by atoms with van der Waals surface area (Å²) in [6.45, 7) is 0.205. The molecule has 0 saturated heterocycles. The highest BCUT2D eigenvalue weighted by atomic mass is 35.5. The summed E-state index contributed by atoms with van der Waals surface area (Å²) in [6, 6.07) is 15.1. The van der Waals surface area contributed by atoms with Crippen LogP contribution in [0.3, 0.4) is 0 Å². The van der Waals surface area contributed by atoms with Gasteiger partial charge in [0.2, 0.25) is 0 Å². The minimum absolute atomic E-state index is 0.126. The number of hydrogen-bond acceptors (Lipinski definition) is 5. The maximum Gasteiger partial charge on any atom is 0.139 e. The van der Waals surface area contributed by atoms with E-state index in [1.807, 2.05) is 41.8 Å². The molecule has 136 valence electrons. The number of aliphatic hydroxyl groups is 1. The van der Waals surface area contributed by atoms with Crippen molar-refractivity contribution < 1.29 is 9.84 Å². The number of rotatable bonds is 4. The molecule has 1 aliphatic heterocycles. The van der Waals surface area contributed by atoms with Crippen LogP contribution in [0, 0.1) is 5.41 Å². The topological polar surface area (TPSA) is 69.4 Å². The van der Waals surface area contributed by atoms with E-state index >= 15 is 0 Å². The van der Waals surface area contributed by atoms with E-state index in [1.165, 1.54) is 11.3 Å². The van der Waals surface area contributed by atoms with Gasteiger partial charge in [0.25, 0.3) is 0 Å². The van der Waals surface area contributed by atoms with Crippen molar-refractivity contribution in [2.45, 2.75) is 0 Å². The minimum Gasteiger partial charge on any atom is -0.510 e. The number of benzene rings is 2. The summed E-state index contributed by atoms with van der Waals surface area (Å²) >= 11 is 7.62. The molecule has 1 aromatic heterocycles. The molecule has 3 aromatic rings. The second-order valence-electron chi connectivity index (χ2n) is 5.98. The summed E-state index contributed by atoms with van der Waals surface area (Å²) in [6.07, 6.45) is 0. The standard InChI is InChI=1S/C20H16ClN3O2S/c1-26-17-8-7-13(9-14(17)21)24-10-16(25)18(19(24)22)20-23-15(11-27-20)12-5-3-2-4-6-12/h2-9,11,22,25H,10H2,1H3. The molecule has 2 N–H and O–H groups in total. The van der Waals surface area contributed by atoms with Gasteiger partial charge in [-0.1, -0.05) is 41.9 Å². The number of aliphatic hydroxyl groups excluding tert-OH is 1. The maximum absolute atomic E-state index is 10.5. The van der Waals surface area contributed by atoms with Gasteiger partial charge in [0.1, 0.15) is 22.4 Å². The predicted molar refractivity (Wildman–Crippen MR) is 110 cm³/mol. The molecule has 2 aromatic carbocycles. The lowest BCUT2D eigenvalue weighted by Gasteiger charge is -2.19. The van der Waals surface area contributed by atoms with E-state index in [2.05, 4.69) is 4.98 Å². The summed E-state index contributed by atoms with van der Waals surface area (Å²) in [4.78, 5) is 6.32. The number of aromatic nitrogens is 1.